The first-order valence-electron chi connectivity index (χ1n) is 8.88. The van der Waals surface area contributed by atoms with Crippen LogP contribution in [0.4, 0.5) is 4.79 Å². The Labute approximate surface area is 146 Å². The molecule has 1 aromatic rings. The number of ether oxygens (including phenoxy) is 2. The van der Waals surface area contributed by atoms with E-state index >= 15 is 0 Å². The maximum absolute atomic E-state index is 12.2. The van der Waals surface area contributed by atoms with Gasteiger partial charge in [0.05, 0.1) is 13.2 Å². The summed E-state index contributed by atoms with van der Waals surface area (Å²) in [6.07, 6.45) is 4.63. The topological polar surface area (TPSA) is 56.6 Å². The number of aryl methyl sites for hydroxylation is 1. The number of rotatable bonds is 2. The molecule has 0 radical (unpaired) electrons. The Kier molecular flexibility index (Phi) is 7.58. The molecule has 1 saturated heterocycles. The average molecular weight is 339 g/mol. The lowest BCUT2D eigenvalue weighted by atomic mass is 10.1. The van der Waals surface area contributed by atoms with Gasteiger partial charge in [0.15, 0.2) is 0 Å². The summed E-state index contributed by atoms with van der Waals surface area (Å²) in [5.41, 5.74) is 0.589. The lowest BCUT2D eigenvalue weighted by Gasteiger charge is -2.26. The molecule has 0 spiro atoms. The van der Waals surface area contributed by atoms with E-state index in [4.69, 9.17) is 9.47 Å². The van der Waals surface area contributed by atoms with Crippen molar-refractivity contribution in [3.63, 3.8) is 0 Å². The van der Waals surface area contributed by atoms with Crippen molar-refractivity contribution < 1.29 is 14.3 Å². The average Bonchev–Trinajstić information content (AvgIpc) is 2.74. The molecule has 2 rings (SSSR count). The predicted octanol–water partition coefficient (Wildman–Crippen LogP) is 4.19. The molecule has 24 heavy (non-hydrogen) atoms. The van der Waals surface area contributed by atoms with Gasteiger partial charge >= 0.3 is 6.09 Å². The van der Waals surface area contributed by atoms with Gasteiger partial charge in [-0.2, -0.15) is 0 Å². The van der Waals surface area contributed by atoms with Gasteiger partial charge in [-0.1, -0.05) is 13.8 Å². The molecule has 2 heterocycles. The molecule has 1 amide bonds. The summed E-state index contributed by atoms with van der Waals surface area (Å²) in [5, 5.41) is 4.48. The van der Waals surface area contributed by atoms with Gasteiger partial charge in [-0.05, 0) is 47.0 Å². The number of carbonyl (C=O) groups excluding carboxylic acids is 1. The van der Waals surface area contributed by atoms with Crippen LogP contribution in [0.25, 0.3) is 0 Å². The molecular formula is C18H33N3O3. The zero-order valence-corrected chi connectivity index (χ0v) is 16.3. The Morgan fingerprint density at radius 2 is 1.92 bits per heavy atom. The molecule has 0 N–H and O–H groups in total. The molecule has 0 saturated carbocycles. The highest BCUT2D eigenvalue weighted by Crippen LogP contribution is 2.26. The van der Waals surface area contributed by atoms with Gasteiger partial charge in [-0.15, -0.1) is 5.10 Å². The highest BCUT2D eigenvalue weighted by atomic mass is 16.6. The Morgan fingerprint density at radius 3 is 2.46 bits per heavy atom. The Hall–Kier alpha value is -1.72. The van der Waals surface area contributed by atoms with Crippen LogP contribution in [0.5, 0.6) is 5.88 Å². The third-order valence-electron chi connectivity index (χ3n) is 3.79. The number of nitrogens with zero attached hydrogens (tertiary/aromatic N) is 3. The van der Waals surface area contributed by atoms with Crippen molar-refractivity contribution in [2.75, 3.05) is 20.2 Å². The van der Waals surface area contributed by atoms with E-state index in [0.717, 1.165) is 31.4 Å². The monoisotopic (exact) mass is 339 g/mol. The van der Waals surface area contributed by atoms with Gasteiger partial charge < -0.3 is 14.4 Å². The van der Waals surface area contributed by atoms with E-state index in [2.05, 4.69) is 5.10 Å². The summed E-state index contributed by atoms with van der Waals surface area (Å²) in [4.78, 5) is 14.0. The lowest BCUT2D eigenvalue weighted by Crippen LogP contribution is -2.37. The third-order valence-corrected chi connectivity index (χ3v) is 3.79. The quantitative estimate of drug-likeness (QED) is 0.811. The fourth-order valence-electron chi connectivity index (χ4n) is 2.71. The summed E-state index contributed by atoms with van der Waals surface area (Å²) in [6, 6.07) is 0.301. The van der Waals surface area contributed by atoms with E-state index in [-0.39, 0.29) is 6.09 Å². The number of methoxy groups -OCH3 is 1. The second-order valence-corrected chi connectivity index (χ2v) is 6.85. The largest absolute Gasteiger partial charge is 0.480 e. The summed E-state index contributed by atoms with van der Waals surface area (Å²) in [7, 11) is 1.64. The molecule has 1 fully saturated rings. The predicted molar refractivity (Wildman–Crippen MR) is 95.6 cm³/mol. The SMILES string of the molecule is CC.COc1nn(C2CCCN(C(=O)OC(C)(C)C)CC2)cc1C. The molecule has 1 unspecified atom stereocenters. The second kappa shape index (κ2) is 8.94. The summed E-state index contributed by atoms with van der Waals surface area (Å²) >= 11 is 0. The minimum atomic E-state index is -0.449. The van der Waals surface area contributed by atoms with Gasteiger partial charge in [0.2, 0.25) is 5.88 Å². The third kappa shape index (κ3) is 5.73. The Bertz CT molecular complexity index is 520. The van der Waals surface area contributed by atoms with Crippen LogP contribution in [-0.2, 0) is 4.74 Å². The molecule has 1 aliphatic heterocycles. The van der Waals surface area contributed by atoms with Crippen molar-refractivity contribution >= 4 is 6.09 Å². The number of hydrogen-bond acceptors (Lipinski definition) is 4. The zero-order valence-electron chi connectivity index (χ0n) is 16.3. The minimum absolute atomic E-state index is 0.220. The first-order chi connectivity index (χ1) is 11.3. The molecular weight excluding hydrogens is 306 g/mol. The van der Waals surface area contributed by atoms with Gasteiger partial charge in [0, 0.05) is 24.8 Å². The van der Waals surface area contributed by atoms with Gasteiger partial charge in [0.25, 0.3) is 0 Å². The van der Waals surface area contributed by atoms with E-state index in [1.54, 1.807) is 12.0 Å². The van der Waals surface area contributed by atoms with Crippen LogP contribution < -0.4 is 4.74 Å². The number of carbonyl (C=O) groups is 1. The van der Waals surface area contributed by atoms with E-state index in [1.165, 1.54) is 0 Å². The smallest absolute Gasteiger partial charge is 0.410 e. The van der Waals surface area contributed by atoms with Crippen molar-refractivity contribution in [2.24, 2.45) is 0 Å². The van der Waals surface area contributed by atoms with E-state index in [1.807, 2.05) is 52.4 Å². The molecule has 0 aliphatic carbocycles. The number of hydrogen-bond donors (Lipinski definition) is 0. The highest BCUT2D eigenvalue weighted by molar-refractivity contribution is 5.68. The normalized spacial score (nSPS) is 18.3. The molecule has 1 aromatic heterocycles. The van der Waals surface area contributed by atoms with Crippen molar-refractivity contribution in [3.05, 3.63) is 11.8 Å². The zero-order chi connectivity index (χ0) is 18.3. The number of aromatic nitrogens is 2. The van der Waals surface area contributed by atoms with Crippen LogP contribution >= 0.6 is 0 Å². The van der Waals surface area contributed by atoms with Crippen LogP contribution in [0.1, 0.15) is 65.5 Å². The number of likely N-dealkylation sites (tertiary alicyclic amines) is 1. The fraction of sp³-hybridized carbons (Fsp3) is 0.778. The Morgan fingerprint density at radius 1 is 1.25 bits per heavy atom. The summed E-state index contributed by atoms with van der Waals surface area (Å²) < 4.78 is 12.7. The molecule has 1 atom stereocenters. The standard InChI is InChI=1S/C16H27N3O3.C2H6/c1-12-11-19(17-14(12)21-5)13-7-6-9-18(10-8-13)15(20)22-16(2,3)4;1-2/h11,13H,6-10H2,1-5H3;1-2H3. The molecule has 0 aromatic carbocycles. The summed E-state index contributed by atoms with van der Waals surface area (Å²) in [6.45, 7) is 13.1. The molecule has 138 valence electrons. The fourth-order valence-corrected chi connectivity index (χ4v) is 2.71. The maximum atomic E-state index is 12.2. The van der Waals surface area contributed by atoms with Gasteiger partial charge in [-0.25, -0.2) is 4.79 Å². The highest BCUT2D eigenvalue weighted by Gasteiger charge is 2.26. The van der Waals surface area contributed by atoms with Crippen LogP contribution in [0.15, 0.2) is 6.20 Å². The van der Waals surface area contributed by atoms with Crippen molar-refractivity contribution in [2.45, 2.75) is 72.4 Å². The minimum Gasteiger partial charge on any atom is -0.480 e. The number of amides is 1. The first kappa shape index (κ1) is 20.3. The molecule has 6 heteroatoms. The first-order valence-corrected chi connectivity index (χ1v) is 8.88. The lowest BCUT2D eigenvalue weighted by molar-refractivity contribution is 0.0255. The van der Waals surface area contributed by atoms with Crippen LogP contribution in [0, 0.1) is 6.92 Å². The van der Waals surface area contributed by atoms with Crippen LogP contribution in [0.3, 0.4) is 0 Å². The van der Waals surface area contributed by atoms with Gasteiger partial charge in [0.1, 0.15) is 5.60 Å². The molecule has 6 nitrogen and oxygen atoms in total. The van der Waals surface area contributed by atoms with E-state index in [9.17, 15) is 4.79 Å². The van der Waals surface area contributed by atoms with Crippen LogP contribution in [-0.4, -0.2) is 46.6 Å². The molecule has 0 bridgehead atoms. The van der Waals surface area contributed by atoms with Crippen molar-refractivity contribution in [1.82, 2.24) is 14.7 Å². The summed E-state index contributed by atoms with van der Waals surface area (Å²) in [5.74, 6) is 0.674. The van der Waals surface area contributed by atoms with Crippen molar-refractivity contribution in [1.29, 1.82) is 0 Å². The van der Waals surface area contributed by atoms with E-state index < -0.39 is 5.60 Å². The van der Waals surface area contributed by atoms with Gasteiger partial charge in [-0.3, -0.25) is 4.68 Å². The Balaban J connectivity index is 0.00000139. The van der Waals surface area contributed by atoms with E-state index in [0.29, 0.717) is 18.5 Å². The van der Waals surface area contributed by atoms with Crippen LogP contribution in [0.2, 0.25) is 0 Å². The molecule has 1 aliphatic rings. The maximum Gasteiger partial charge on any atom is 0.410 e. The van der Waals surface area contributed by atoms with Crippen molar-refractivity contribution in [3.8, 4) is 5.88 Å². The second-order valence-electron chi connectivity index (χ2n) is 6.85.